The van der Waals surface area contributed by atoms with E-state index < -0.39 is 0 Å². The third kappa shape index (κ3) is 6.06. The topological polar surface area (TPSA) is 6.48 Å². The molecule has 0 aliphatic carbocycles. The number of nitrogens with zero attached hydrogens (tertiary/aromatic N) is 2. The zero-order valence-corrected chi connectivity index (χ0v) is 13.8. The first-order chi connectivity index (χ1) is 9.71. The molecule has 0 heterocycles. The molecule has 2 nitrogen and oxygen atoms in total. The van der Waals surface area contributed by atoms with E-state index in [1.807, 2.05) is 0 Å². The molecule has 1 rings (SSSR count). The molecule has 0 fully saturated rings. The number of hydrogen-bond acceptors (Lipinski definition) is 2. The molecule has 114 valence electrons. The van der Waals surface area contributed by atoms with Crippen molar-refractivity contribution < 1.29 is 0 Å². The van der Waals surface area contributed by atoms with Crippen LogP contribution >= 0.6 is 0 Å². The van der Waals surface area contributed by atoms with Crippen molar-refractivity contribution in [3.63, 3.8) is 0 Å². The van der Waals surface area contributed by atoms with Gasteiger partial charge in [0.05, 0.1) is 0 Å². The molecule has 1 aromatic carbocycles. The quantitative estimate of drug-likeness (QED) is 0.640. The van der Waals surface area contributed by atoms with Crippen LogP contribution in [0.4, 0.5) is 0 Å². The minimum Gasteiger partial charge on any atom is -0.303 e. The summed E-state index contributed by atoms with van der Waals surface area (Å²) < 4.78 is 0. The van der Waals surface area contributed by atoms with E-state index in [2.05, 4.69) is 67.8 Å². The van der Waals surface area contributed by atoms with Gasteiger partial charge in [0.2, 0.25) is 0 Å². The number of benzene rings is 1. The summed E-state index contributed by atoms with van der Waals surface area (Å²) in [7, 11) is 0. The second-order valence-corrected chi connectivity index (χ2v) is 5.56. The van der Waals surface area contributed by atoms with Crippen molar-refractivity contribution in [2.45, 2.75) is 40.0 Å². The minimum atomic E-state index is 0.652. The van der Waals surface area contributed by atoms with Gasteiger partial charge in [-0.1, -0.05) is 58.0 Å². The summed E-state index contributed by atoms with van der Waals surface area (Å²) in [5.74, 6) is 0.652. The highest BCUT2D eigenvalue weighted by Gasteiger charge is 2.09. The number of rotatable bonds is 10. The van der Waals surface area contributed by atoms with Gasteiger partial charge in [0.25, 0.3) is 0 Å². The Kier molecular flexibility index (Phi) is 8.56. The molecular weight excluding hydrogens is 244 g/mol. The van der Waals surface area contributed by atoms with Crippen LogP contribution < -0.4 is 0 Å². The van der Waals surface area contributed by atoms with Crippen LogP contribution in [0.3, 0.4) is 0 Å². The maximum atomic E-state index is 2.58. The van der Waals surface area contributed by atoms with E-state index in [0.717, 1.165) is 19.6 Å². The molecule has 2 heteroatoms. The molecule has 0 amide bonds. The second-order valence-electron chi connectivity index (χ2n) is 5.56. The number of likely N-dealkylation sites (N-methyl/N-ethyl adjacent to an activating group) is 2. The van der Waals surface area contributed by atoms with E-state index in [4.69, 9.17) is 0 Å². The summed E-state index contributed by atoms with van der Waals surface area (Å²) in [6, 6.07) is 10.9. The van der Waals surface area contributed by atoms with Crippen LogP contribution in [-0.4, -0.2) is 49.1 Å². The van der Waals surface area contributed by atoms with Crippen molar-refractivity contribution in [1.82, 2.24) is 9.80 Å². The fraction of sp³-hybridized carbons (Fsp3) is 0.667. The van der Waals surface area contributed by atoms with Crippen LogP contribution in [0.1, 0.15) is 45.6 Å². The van der Waals surface area contributed by atoms with Crippen molar-refractivity contribution in [2.75, 3.05) is 39.3 Å². The predicted octanol–water partition coefficient (Wildman–Crippen LogP) is 3.84. The summed E-state index contributed by atoms with van der Waals surface area (Å²) in [4.78, 5) is 5.08. The smallest absolute Gasteiger partial charge is 0.0109 e. The van der Waals surface area contributed by atoms with Crippen molar-refractivity contribution in [2.24, 2.45) is 0 Å². The first-order valence-electron chi connectivity index (χ1n) is 8.20. The third-order valence-corrected chi connectivity index (χ3v) is 4.32. The lowest BCUT2D eigenvalue weighted by Gasteiger charge is -2.26. The fourth-order valence-corrected chi connectivity index (χ4v) is 2.58. The minimum absolute atomic E-state index is 0.652. The van der Waals surface area contributed by atoms with Crippen molar-refractivity contribution in [1.29, 1.82) is 0 Å². The van der Waals surface area contributed by atoms with E-state index in [9.17, 15) is 0 Å². The monoisotopic (exact) mass is 276 g/mol. The van der Waals surface area contributed by atoms with Gasteiger partial charge in [-0.25, -0.2) is 0 Å². The first-order valence-corrected chi connectivity index (χ1v) is 8.20. The molecule has 1 aromatic rings. The van der Waals surface area contributed by atoms with Gasteiger partial charge < -0.3 is 9.80 Å². The second kappa shape index (κ2) is 9.95. The Bertz CT molecular complexity index is 333. The van der Waals surface area contributed by atoms with Gasteiger partial charge in [-0.05, 0) is 44.1 Å². The van der Waals surface area contributed by atoms with E-state index >= 15 is 0 Å². The average molecular weight is 276 g/mol. The van der Waals surface area contributed by atoms with Crippen LogP contribution in [0.2, 0.25) is 0 Å². The molecule has 0 N–H and O–H groups in total. The molecule has 0 bridgehead atoms. The maximum Gasteiger partial charge on any atom is 0.0109 e. The lowest BCUT2D eigenvalue weighted by atomic mass is 9.98. The molecule has 20 heavy (non-hydrogen) atoms. The number of hydrogen-bond donors (Lipinski definition) is 0. The van der Waals surface area contributed by atoms with Crippen molar-refractivity contribution >= 4 is 0 Å². The summed E-state index contributed by atoms with van der Waals surface area (Å²) in [6.45, 7) is 16.2. The normalized spacial score (nSPS) is 13.1. The third-order valence-electron chi connectivity index (χ3n) is 4.32. The summed E-state index contributed by atoms with van der Waals surface area (Å²) in [5, 5.41) is 0. The standard InChI is InChI=1S/C18H32N2/c1-5-19(6-2)15-16-20(7-3)14-13-17(4)18-11-9-8-10-12-18/h8-12,17H,5-7,13-16H2,1-4H3/t17-/m0/s1. The van der Waals surface area contributed by atoms with Crippen LogP contribution in [0.5, 0.6) is 0 Å². The Morgan fingerprint density at radius 3 is 1.90 bits per heavy atom. The molecule has 0 aromatic heterocycles. The molecule has 0 unspecified atom stereocenters. The molecular formula is C18H32N2. The predicted molar refractivity (Wildman–Crippen MR) is 89.4 cm³/mol. The zero-order valence-electron chi connectivity index (χ0n) is 13.8. The largest absolute Gasteiger partial charge is 0.303 e. The lowest BCUT2D eigenvalue weighted by Crippen LogP contribution is -2.35. The van der Waals surface area contributed by atoms with Crippen molar-refractivity contribution in [3.05, 3.63) is 35.9 Å². The van der Waals surface area contributed by atoms with Gasteiger partial charge in [-0.3, -0.25) is 0 Å². The highest BCUT2D eigenvalue weighted by Crippen LogP contribution is 2.18. The van der Waals surface area contributed by atoms with Gasteiger partial charge in [0.1, 0.15) is 0 Å². The molecule has 0 saturated heterocycles. The fourth-order valence-electron chi connectivity index (χ4n) is 2.58. The Morgan fingerprint density at radius 1 is 0.800 bits per heavy atom. The highest BCUT2D eigenvalue weighted by molar-refractivity contribution is 5.18. The van der Waals surface area contributed by atoms with E-state index in [-0.39, 0.29) is 0 Å². The van der Waals surface area contributed by atoms with Crippen LogP contribution in [0.25, 0.3) is 0 Å². The summed E-state index contributed by atoms with van der Waals surface area (Å²) >= 11 is 0. The van der Waals surface area contributed by atoms with Crippen molar-refractivity contribution in [3.8, 4) is 0 Å². The Balaban J connectivity index is 2.33. The Hall–Kier alpha value is -0.860. The SMILES string of the molecule is CCN(CC)CCN(CC)CC[C@H](C)c1ccccc1. The van der Waals surface area contributed by atoms with Gasteiger partial charge in [0, 0.05) is 13.1 Å². The Labute approximate surface area is 125 Å². The van der Waals surface area contributed by atoms with Crippen LogP contribution in [0.15, 0.2) is 30.3 Å². The molecule has 0 aliphatic rings. The van der Waals surface area contributed by atoms with Gasteiger partial charge in [-0.2, -0.15) is 0 Å². The molecule has 0 aliphatic heterocycles. The summed E-state index contributed by atoms with van der Waals surface area (Å²) in [6.07, 6.45) is 1.25. The first kappa shape index (κ1) is 17.2. The highest BCUT2D eigenvalue weighted by atomic mass is 15.2. The average Bonchev–Trinajstić information content (AvgIpc) is 2.51. The van der Waals surface area contributed by atoms with Crippen LogP contribution in [0, 0.1) is 0 Å². The molecule has 0 spiro atoms. The van der Waals surface area contributed by atoms with Gasteiger partial charge in [-0.15, -0.1) is 0 Å². The molecule has 0 radical (unpaired) electrons. The maximum absolute atomic E-state index is 2.58. The lowest BCUT2D eigenvalue weighted by molar-refractivity contribution is 0.216. The Morgan fingerprint density at radius 2 is 1.35 bits per heavy atom. The van der Waals surface area contributed by atoms with Gasteiger partial charge in [0.15, 0.2) is 0 Å². The van der Waals surface area contributed by atoms with Crippen LogP contribution in [-0.2, 0) is 0 Å². The molecule has 0 saturated carbocycles. The summed E-state index contributed by atoms with van der Waals surface area (Å²) in [5.41, 5.74) is 1.47. The van der Waals surface area contributed by atoms with E-state index in [1.54, 1.807) is 0 Å². The van der Waals surface area contributed by atoms with E-state index in [1.165, 1.54) is 31.6 Å². The molecule has 1 atom stereocenters. The van der Waals surface area contributed by atoms with E-state index in [0.29, 0.717) is 5.92 Å². The van der Waals surface area contributed by atoms with Gasteiger partial charge >= 0.3 is 0 Å². The zero-order chi connectivity index (χ0) is 14.8.